The van der Waals surface area contributed by atoms with Gasteiger partial charge in [-0.05, 0) is 60.4 Å². The Hall–Kier alpha value is 0.230. The second-order valence-electron chi connectivity index (χ2n) is 5.22. The lowest BCUT2D eigenvalue weighted by Crippen LogP contribution is -1.96. The van der Waals surface area contributed by atoms with Crippen LogP contribution in [0.4, 0.5) is 0 Å². The molecule has 2 heterocycles. The minimum atomic E-state index is 0.315. The highest BCUT2D eigenvalue weighted by molar-refractivity contribution is 9.10. The molecule has 0 spiro atoms. The van der Waals surface area contributed by atoms with Gasteiger partial charge in [-0.3, -0.25) is 0 Å². The maximum Gasteiger partial charge on any atom is 0.0740 e. The van der Waals surface area contributed by atoms with Gasteiger partial charge in [0, 0.05) is 20.0 Å². The van der Waals surface area contributed by atoms with Gasteiger partial charge in [-0.25, -0.2) is 0 Å². The summed E-state index contributed by atoms with van der Waals surface area (Å²) in [5.74, 6) is 2.46. The summed E-state index contributed by atoms with van der Waals surface area (Å²) in [7, 11) is 0. The van der Waals surface area contributed by atoms with Gasteiger partial charge in [-0.2, -0.15) is 11.8 Å². The minimum absolute atomic E-state index is 0.315. The van der Waals surface area contributed by atoms with Gasteiger partial charge in [0.2, 0.25) is 0 Å². The van der Waals surface area contributed by atoms with Crippen molar-refractivity contribution in [1.29, 1.82) is 0 Å². The predicted molar refractivity (Wildman–Crippen MR) is 98.6 cm³/mol. The number of thiophene rings is 1. The van der Waals surface area contributed by atoms with Crippen molar-refractivity contribution in [2.45, 2.75) is 30.8 Å². The molecule has 1 aromatic heterocycles. The topological polar surface area (TPSA) is 0 Å². The molecule has 1 aromatic carbocycles. The molecule has 2 aromatic rings. The Labute approximate surface area is 145 Å². The zero-order valence-corrected chi connectivity index (χ0v) is 16.3. The first-order chi connectivity index (χ1) is 9.56. The Morgan fingerprint density at radius 3 is 2.70 bits per heavy atom. The first-order valence-electron chi connectivity index (χ1n) is 6.66. The predicted octanol–water partition coefficient (Wildman–Crippen LogP) is 6.40. The van der Waals surface area contributed by atoms with Crippen molar-refractivity contribution < 1.29 is 0 Å². The van der Waals surface area contributed by atoms with Crippen LogP contribution in [0.5, 0.6) is 0 Å². The summed E-state index contributed by atoms with van der Waals surface area (Å²) >= 11 is 11.6. The fraction of sp³-hybridized carbons (Fsp3) is 0.375. The number of hydrogen-bond donors (Lipinski definition) is 0. The summed E-state index contributed by atoms with van der Waals surface area (Å²) in [6.07, 6.45) is 1.24. The molecule has 1 aliphatic rings. The first kappa shape index (κ1) is 15.1. The SMILES string of the molecule is Cc1cc(C(Br)c2cc3c(s2)CCSC3)c(C)cc1Br. The first-order valence-corrected chi connectivity index (χ1v) is 10.3. The number of alkyl halides is 1. The highest BCUT2D eigenvalue weighted by atomic mass is 79.9. The summed E-state index contributed by atoms with van der Waals surface area (Å²) < 4.78 is 1.19. The summed E-state index contributed by atoms with van der Waals surface area (Å²) in [5, 5.41) is 0. The van der Waals surface area contributed by atoms with Gasteiger partial charge < -0.3 is 0 Å². The highest BCUT2D eigenvalue weighted by Crippen LogP contribution is 2.41. The van der Waals surface area contributed by atoms with Crippen LogP contribution in [0.2, 0.25) is 0 Å². The van der Waals surface area contributed by atoms with Crippen LogP contribution >= 0.6 is 55.0 Å². The molecule has 0 amide bonds. The number of thioether (sulfide) groups is 1. The van der Waals surface area contributed by atoms with Crippen LogP contribution < -0.4 is 0 Å². The maximum atomic E-state index is 3.92. The number of aryl methyl sites for hydroxylation is 3. The van der Waals surface area contributed by atoms with Gasteiger partial charge in [0.25, 0.3) is 0 Å². The molecule has 0 bridgehead atoms. The van der Waals surface area contributed by atoms with E-state index in [-0.39, 0.29) is 0 Å². The average Bonchev–Trinajstić information content (AvgIpc) is 2.86. The fourth-order valence-electron chi connectivity index (χ4n) is 2.52. The monoisotopic (exact) mass is 430 g/mol. The van der Waals surface area contributed by atoms with Crippen LogP contribution in [0, 0.1) is 13.8 Å². The molecule has 3 rings (SSSR count). The lowest BCUT2D eigenvalue weighted by atomic mass is 10.0. The number of hydrogen-bond acceptors (Lipinski definition) is 2. The van der Waals surface area contributed by atoms with Crippen LogP contribution in [-0.2, 0) is 12.2 Å². The number of fused-ring (bicyclic) bond motifs is 1. The smallest absolute Gasteiger partial charge is 0.0740 e. The van der Waals surface area contributed by atoms with Gasteiger partial charge in [0.1, 0.15) is 0 Å². The third-order valence-electron chi connectivity index (χ3n) is 3.72. The summed E-state index contributed by atoms with van der Waals surface area (Å²) in [5.41, 5.74) is 5.58. The highest BCUT2D eigenvalue weighted by Gasteiger charge is 2.20. The van der Waals surface area contributed by atoms with Gasteiger partial charge in [0.15, 0.2) is 0 Å². The van der Waals surface area contributed by atoms with E-state index < -0.39 is 0 Å². The second-order valence-corrected chi connectivity index (χ2v) is 9.26. The van der Waals surface area contributed by atoms with E-state index in [0.29, 0.717) is 4.83 Å². The molecule has 106 valence electrons. The molecule has 4 heteroatoms. The van der Waals surface area contributed by atoms with Crippen LogP contribution in [0.15, 0.2) is 22.7 Å². The molecule has 1 atom stereocenters. The van der Waals surface area contributed by atoms with E-state index in [9.17, 15) is 0 Å². The molecule has 0 saturated carbocycles. The van der Waals surface area contributed by atoms with Gasteiger partial charge in [0.05, 0.1) is 4.83 Å². The fourth-order valence-corrected chi connectivity index (χ4v) is 6.26. The molecule has 0 radical (unpaired) electrons. The Morgan fingerprint density at radius 1 is 1.15 bits per heavy atom. The van der Waals surface area contributed by atoms with E-state index in [4.69, 9.17) is 0 Å². The summed E-state index contributed by atoms with van der Waals surface area (Å²) in [4.78, 5) is 3.35. The summed E-state index contributed by atoms with van der Waals surface area (Å²) in [6.45, 7) is 4.35. The summed E-state index contributed by atoms with van der Waals surface area (Å²) in [6, 6.07) is 6.93. The number of rotatable bonds is 2. The normalized spacial score (nSPS) is 16.0. The van der Waals surface area contributed by atoms with Crippen molar-refractivity contribution >= 4 is 55.0 Å². The van der Waals surface area contributed by atoms with Crippen LogP contribution in [-0.4, -0.2) is 5.75 Å². The van der Waals surface area contributed by atoms with Gasteiger partial charge >= 0.3 is 0 Å². The van der Waals surface area contributed by atoms with Crippen molar-refractivity contribution in [3.05, 3.63) is 54.7 Å². The van der Waals surface area contributed by atoms with Crippen molar-refractivity contribution in [1.82, 2.24) is 0 Å². The lowest BCUT2D eigenvalue weighted by molar-refractivity contribution is 1.13. The van der Waals surface area contributed by atoms with Crippen LogP contribution in [0.1, 0.15) is 36.8 Å². The van der Waals surface area contributed by atoms with Crippen molar-refractivity contribution in [3.63, 3.8) is 0 Å². The van der Waals surface area contributed by atoms with E-state index >= 15 is 0 Å². The van der Waals surface area contributed by atoms with Crippen LogP contribution in [0.25, 0.3) is 0 Å². The molecule has 0 aliphatic carbocycles. The zero-order valence-electron chi connectivity index (χ0n) is 11.5. The van der Waals surface area contributed by atoms with E-state index in [1.807, 2.05) is 11.3 Å². The molecular formula is C16H16Br2S2. The Morgan fingerprint density at radius 2 is 1.95 bits per heavy atom. The van der Waals surface area contributed by atoms with E-state index in [2.05, 4.69) is 75.7 Å². The molecule has 0 saturated heterocycles. The quantitative estimate of drug-likeness (QED) is 0.495. The largest absolute Gasteiger partial charge is 0.157 e. The van der Waals surface area contributed by atoms with E-state index in [1.165, 1.54) is 44.0 Å². The molecule has 20 heavy (non-hydrogen) atoms. The number of halogens is 2. The van der Waals surface area contributed by atoms with Crippen molar-refractivity contribution in [2.75, 3.05) is 5.75 Å². The maximum absolute atomic E-state index is 3.92. The second kappa shape index (κ2) is 6.15. The standard InChI is InChI=1S/C16H16Br2S2/c1-9-6-13(17)10(2)5-12(9)16(18)15-7-11-8-19-4-3-14(11)20-15/h5-7,16H,3-4,8H2,1-2H3. The molecule has 0 fully saturated rings. The zero-order chi connectivity index (χ0) is 14.3. The van der Waals surface area contributed by atoms with Gasteiger partial charge in [-0.15, -0.1) is 11.3 Å². The molecular weight excluding hydrogens is 416 g/mol. The molecule has 1 unspecified atom stereocenters. The third kappa shape index (κ3) is 2.90. The Balaban J connectivity index is 1.98. The van der Waals surface area contributed by atoms with E-state index in [1.54, 1.807) is 10.4 Å². The third-order valence-corrected chi connectivity index (χ3v) is 8.17. The molecule has 1 aliphatic heterocycles. The van der Waals surface area contributed by atoms with Gasteiger partial charge in [-0.1, -0.05) is 37.9 Å². The number of benzene rings is 1. The lowest BCUT2D eigenvalue weighted by Gasteiger charge is -2.14. The Kier molecular flexibility index (Phi) is 4.66. The minimum Gasteiger partial charge on any atom is -0.157 e. The van der Waals surface area contributed by atoms with E-state index in [0.717, 1.165) is 0 Å². The molecule has 0 nitrogen and oxygen atoms in total. The van der Waals surface area contributed by atoms with Crippen molar-refractivity contribution in [2.24, 2.45) is 0 Å². The average molecular weight is 432 g/mol. The molecule has 0 N–H and O–H groups in total. The van der Waals surface area contributed by atoms with Crippen LogP contribution in [0.3, 0.4) is 0 Å². The Bertz CT molecular complexity index is 623. The van der Waals surface area contributed by atoms with Crippen molar-refractivity contribution in [3.8, 4) is 0 Å².